The number of rotatable bonds is 2. The lowest BCUT2D eigenvalue weighted by Gasteiger charge is -2.19. The molecule has 1 aromatic rings. The molecule has 1 aliphatic heterocycles. The van der Waals surface area contributed by atoms with Gasteiger partial charge in [0.05, 0.1) is 0 Å². The molecule has 1 unspecified atom stereocenters. The summed E-state index contributed by atoms with van der Waals surface area (Å²) in [5, 5.41) is 8.88. The van der Waals surface area contributed by atoms with E-state index in [1.54, 1.807) is 6.92 Å². The largest absolute Gasteiger partial charge is 0.480 e. The van der Waals surface area contributed by atoms with Crippen LogP contribution in [0.15, 0.2) is 24.3 Å². The van der Waals surface area contributed by atoms with Crippen LogP contribution in [0.25, 0.3) is 0 Å². The fourth-order valence-corrected chi connectivity index (χ4v) is 1.79. The van der Waals surface area contributed by atoms with E-state index in [-0.39, 0.29) is 0 Å². The van der Waals surface area contributed by atoms with Gasteiger partial charge in [-0.3, -0.25) is 9.69 Å². The van der Waals surface area contributed by atoms with Crippen molar-refractivity contribution in [1.82, 2.24) is 4.90 Å². The van der Waals surface area contributed by atoms with Crippen LogP contribution >= 0.6 is 0 Å². The highest BCUT2D eigenvalue weighted by atomic mass is 16.4. The summed E-state index contributed by atoms with van der Waals surface area (Å²) in [6.45, 7) is 3.24. The zero-order valence-corrected chi connectivity index (χ0v) is 8.10. The van der Waals surface area contributed by atoms with Crippen LogP contribution in [-0.4, -0.2) is 22.0 Å². The van der Waals surface area contributed by atoms with Crippen molar-refractivity contribution in [3.63, 3.8) is 0 Å². The first kappa shape index (κ1) is 9.21. The van der Waals surface area contributed by atoms with Gasteiger partial charge in [0, 0.05) is 13.1 Å². The molecular formula is C11H13NO2. The molecule has 1 heterocycles. The van der Waals surface area contributed by atoms with E-state index >= 15 is 0 Å². The smallest absolute Gasteiger partial charge is 0.320 e. The van der Waals surface area contributed by atoms with Gasteiger partial charge in [0.2, 0.25) is 0 Å². The molecule has 74 valence electrons. The first-order valence-corrected chi connectivity index (χ1v) is 4.72. The summed E-state index contributed by atoms with van der Waals surface area (Å²) in [5.74, 6) is -0.752. The normalized spacial score (nSPS) is 17.8. The lowest BCUT2D eigenvalue weighted by atomic mass is 10.1. The van der Waals surface area contributed by atoms with Crippen molar-refractivity contribution < 1.29 is 9.90 Å². The second kappa shape index (κ2) is 3.42. The van der Waals surface area contributed by atoms with E-state index in [1.807, 2.05) is 17.0 Å². The highest BCUT2D eigenvalue weighted by Crippen LogP contribution is 2.23. The monoisotopic (exact) mass is 191 g/mol. The number of nitrogens with zero attached hydrogens (tertiary/aromatic N) is 1. The molecule has 0 radical (unpaired) electrons. The summed E-state index contributed by atoms with van der Waals surface area (Å²) in [6, 6.07) is 7.71. The van der Waals surface area contributed by atoms with Crippen molar-refractivity contribution in [2.75, 3.05) is 0 Å². The summed E-state index contributed by atoms with van der Waals surface area (Å²) < 4.78 is 0. The number of aliphatic carboxylic acids is 1. The number of carboxylic acid groups (broad SMARTS) is 1. The summed E-state index contributed by atoms with van der Waals surface area (Å²) >= 11 is 0. The molecule has 0 aromatic heterocycles. The van der Waals surface area contributed by atoms with Crippen LogP contribution in [0.2, 0.25) is 0 Å². The van der Waals surface area contributed by atoms with Gasteiger partial charge in [-0.15, -0.1) is 0 Å². The summed E-state index contributed by atoms with van der Waals surface area (Å²) in [6.07, 6.45) is 0. The zero-order valence-electron chi connectivity index (χ0n) is 8.10. The number of carbonyl (C=O) groups is 1. The molecule has 0 fully saturated rings. The standard InChI is InChI=1S/C11H13NO2/c1-8(11(13)14)12-6-9-4-2-3-5-10(9)7-12/h2-5,8H,6-7H2,1H3,(H,13,14). The van der Waals surface area contributed by atoms with Gasteiger partial charge in [-0.05, 0) is 18.1 Å². The molecule has 0 amide bonds. The molecule has 1 aliphatic rings. The van der Waals surface area contributed by atoms with Crippen LogP contribution in [0.5, 0.6) is 0 Å². The van der Waals surface area contributed by atoms with Gasteiger partial charge >= 0.3 is 5.97 Å². The van der Waals surface area contributed by atoms with E-state index in [1.165, 1.54) is 11.1 Å². The summed E-state index contributed by atoms with van der Waals surface area (Å²) in [4.78, 5) is 12.8. The zero-order chi connectivity index (χ0) is 10.1. The van der Waals surface area contributed by atoms with Crippen molar-refractivity contribution in [1.29, 1.82) is 0 Å². The maximum atomic E-state index is 10.8. The topological polar surface area (TPSA) is 40.5 Å². The first-order valence-electron chi connectivity index (χ1n) is 4.72. The molecule has 1 aromatic carbocycles. The quantitative estimate of drug-likeness (QED) is 0.769. The van der Waals surface area contributed by atoms with Crippen LogP contribution in [-0.2, 0) is 17.9 Å². The van der Waals surface area contributed by atoms with Crippen molar-refractivity contribution >= 4 is 5.97 Å². The molecule has 0 spiro atoms. The first-order chi connectivity index (χ1) is 6.68. The Morgan fingerprint density at radius 2 is 1.86 bits per heavy atom. The number of hydrogen-bond acceptors (Lipinski definition) is 2. The van der Waals surface area contributed by atoms with E-state index in [9.17, 15) is 4.79 Å². The van der Waals surface area contributed by atoms with Gasteiger partial charge in [-0.2, -0.15) is 0 Å². The SMILES string of the molecule is CC(C(=O)O)N1Cc2ccccc2C1. The number of hydrogen-bond donors (Lipinski definition) is 1. The van der Waals surface area contributed by atoms with E-state index in [0.717, 1.165) is 13.1 Å². The van der Waals surface area contributed by atoms with Gasteiger partial charge in [0.15, 0.2) is 0 Å². The Morgan fingerprint density at radius 3 is 2.29 bits per heavy atom. The Morgan fingerprint density at radius 1 is 1.36 bits per heavy atom. The van der Waals surface area contributed by atoms with Gasteiger partial charge in [-0.1, -0.05) is 24.3 Å². The molecule has 3 heteroatoms. The minimum Gasteiger partial charge on any atom is -0.480 e. The average molecular weight is 191 g/mol. The van der Waals surface area contributed by atoms with Crippen molar-refractivity contribution in [2.45, 2.75) is 26.1 Å². The third kappa shape index (κ3) is 1.51. The van der Waals surface area contributed by atoms with E-state index in [0.29, 0.717) is 0 Å². The molecule has 1 N–H and O–H groups in total. The van der Waals surface area contributed by atoms with Crippen LogP contribution in [0, 0.1) is 0 Å². The molecule has 0 aliphatic carbocycles. The van der Waals surface area contributed by atoms with Crippen LogP contribution in [0.1, 0.15) is 18.1 Å². The number of benzene rings is 1. The molecule has 14 heavy (non-hydrogen) atoms. The van der Waals surface area contributed by atoms with E-state index in [2.05, 4.69) is 12.1 Å². The van der Waals surface area contributed by atoms with Gasteiger partial charge < -0.3 is 5.11 Å². The van der Waals surface area contributed by atoms with Crippen LogP contribution < -0.4 is 0 Å². The van der Waals surface area contributed by atoms with Crippen molar-refractivity contribution in [2.24, 2.45) is 0 Å². The lowest BCUT2D eigenvalue weighted by molar-refractivity contribution is -0.142. The number of fused-ring (bicyclic) bond motifs is 1. The number of carboxylic acids is 1. The molecular weight excluding hydrogens is 178 g/mol. The van der Waals surface area contributed by atoms with Crippen molar-refractivity contribution in [3.05, 3.63) is 35.4 Å². The lowest BCUT2D eigenvalue weighted by Crippen LogP contribution is -2.34. The van der Waals surface area contributed by atoms with Gasteiger partial charge in [-0.25, -0.2) is 0 Å². The van der Waals surface area contributed by atoms with Gasteiger partial charge in [0.1, 0.15) is 6.04 Å². The minimum atomic E-state index is -0.752. The van der Waals surface area contributed by atoms with Crippen LogP contribution in [0.3, 0.4) is 0 Å². The molecule has 0 saturated heterocycles. The van der Waals surface area contributed by atoms with Crippen molar-refractivity contribution in [3.8, 4) is 0 Å². The van der Waals surface area contributed by atoms with Crippen LogP contribution in [0.4, 0.5) is 0 Å². The average Bonchev–Trinajstić information content (AvgIpc) is 2.59. The predicted molar refractivity (Wildman–Crippen MR) is 52.8 cm³/mol. The third-order valence-electron chi connectivity index (χ3n) is 2.77. The highest BCUT2D eigenvalue weighted by molar-refractivity contribution is 5.73. The fraction of sp³-hybridized carbons (Fsp3) is 0.364. The summed E-state index contributed by atoms with van der Waals surface area (Å²) in [7, 11) is 0. The fourth-order valence-electron chi connectivity index (χ4n) is 1.79. The maximum Gasteiger partial charge on any atom is 0.320 e. The predicted octanol–water partition coefficient (Wildman–Crippen LogP) is 1.48. The maximum absolute atomic E-state index is 10.8. The molecule has 1 atom stereocenters. The van der Waals surface area contributed by atoms with E-state index < -0.39 is 12.0 Å². The molecule has 3 nitrogen and oxygen atoms in total. The second-order valence-electron chi connectivity index (χ2n) is 3.69. The Kier molecular flexibility index (Phi) is 2.25. The van der Waals surface area contributed by atoms with E-state index in [4.69, 9.17) is 5.11 Å². The third-order valence-corrected chi connectivity index (χ3v) is 2.77. The molecule has 0 bridgehead atoms. The highest BCUT2D eigenvalue weighted by Gasteiger charge is 2.26. The minimum absolute atomic E-state index is 0.401. The second-order valence-corrected chi connectivity index (χ2v) is 3.69. The Balaban J connectivity index is 2.15. The summed E-state index contributed by atoms with van der Waals surface area (Å²) in [5.41, 5.74) is 2.50. The molecule has 2 rings (SSSR count). The van der Waals surface area contributed by atoms with Gasteiger partial charge in [0.25, 0.3) is 0 Å². The Hall–Kier alpha value is -1.35. The Labute approximate surface area is 83.0 Å². The Bertz CT molecular complexity index is 337. The molecule has 0 saturated carbocycles.